The Balaban J connectivity index is 0.00000300. The number of aryl methyl sites for hydroxylation is 2. The summed E-state index contributed by atoms with van der Waals surface area (Å²) < 4.78 is 11.1. The van der Waals surface area contributed by atoms with Crippen molar-refractivity contribution < 1.29 is 9.15 Å². The Labute approximate surface area is 191 Å². The molecule has 1 aliphatic heterocycles. The summed E-state index contributed by atoms with van der Waals surface area (Å²) >= 11 is 0. The lowest BCUT2D eigenvalue weighted by Crippen LogP contribution is -2.38. The first-order valence-electron chi connectivity index (χ1n) is 10.1. The Kier molecular flexibility index (Phi) is 9.96. The zero-order chi connectivity index (χ0) is 19.8. The van der Waals surface area contributed by atoms with Crippen molar-refractivity contribution in [3.05, 3.63) is 58.5 Å². The highest BCUT2D eigenvalue weighted by molar-refractivity contribution is 14.0. The number of morpholine rings is 1. The highest BCUT2D eigenvalue weighted by Gasteiger charge is 2.13. The monoisotopic (exact) mass is 512 g/mol. The van der Waals surface area contributed by atoms with Crippen LogP contribution in [0.15, 0.2) is 39.7 Å². The Morgan fingerprint density at radius 1 is 1.07 bits per heavy atom. The lowest BCUT2D eigenvalue weighted by Gasteiger charge is -2.27. The quantitative estimate of drug-likeness (QED) is 0.337. The number of nitrogens with one attached hydrogen (secondary N) is 2. The molecule has 1 saturated heterocycles. The van der Waals surface area contributed by atoms with Crippen molar-refractivity contribution in [2.24, 2.45) is 4.99 Å². The average Bonchev–Trinajstić information content (AvgIpc) is 3.03. The molecule has 2 aromatic rings. The fourth-order valence-corrected chi connectivity index (χ4v) is 3.41. The van der Waals surface area contributed by atoms with Crippen molar-refractivity contribution in [3.63, 3.8) is 0 Å². The van der Waals surface area contributed by atoms with Gasteiger partial charge < -0.3 is 19.8 Å². The first-order chi connectivity index (χ1) is 13.7. The number of guanidine groups is 1. The van der Waals surface area contributed by atoms with Crippen LogP contribution < -0.4 is 10.6 Å². The van der Waals surface area contributed by atoms with Crippen LogP contribution >= 0.6 is 24.0 Å². The molecule has 0 saturated carbocycles. The molecule has 0 amide bonds. The molecular weight excluding hydrogens is 479 g/mol. The topological polar surface area (TPSA) is 62.0 Å². The summed E-state index contributed by atoms with van der Waals surface area (Å²) in [4.78, 5) is 7.18. The number of benzene rings is 1. The molecule has 0 radical (unpaired) electrons. The number of hydrogen-bond donors (Lipinski definition) is 2. The molecule has 0 bridgehead atoms. The molecule has 2 N–H and O–H groups in total. The SMILES string of the molecule is CCNC(=NCc1cc(C)oc1C)NCc1ccccc1CN1CCOCC1.I. The minimum absolute atomic E-state index is 0. The molecule has 2 heterocycles. The summed E-state index contributed by atoms with van der Waals surface area (Å²) in [6.07, 6.45) is 0. The summed E-state index contributed by atoms with van der Waals surface area (Å²) in [5.74, 6) is 2.69. The second-order valence-electron chi connectivity index (χ2n) is 7.14. The van der Waals surface area contributed by atoms with Crippen LogP contribution in [-0.4, -0.2) is 43.7 Å². The molecule has 0 unspecified atom stereocenters. The van der Waals surface area contributed by atoms with Gasteiger partial charge in [0, 0.05) is 38.3 Å². The second-order valence-corrected chi connectivity index (χ2v) is 7.14. The summed E-state index contributed by atoms with van der Waals surface area (Å²) in [7, 11) is 0. The molecule has 1 aromatic heterocycles. The fourth-order valence-electron chi connectivity index (χ4n) is 3.41. The van der Waals surface area contributed by atoms with E-state index in [-0.39, 0.29) is 24.0 Å². The van der Waals surface area contributed by atoms with Crippen molar-refractivity contribution in [3.8, 4) is 0 Å². The van der Waals surface area contributed by atoms with Crippen LogP contribution in [0.2, 0.25) is 0 Å². The molecule has 3 rings (SSSR count). The minimum atomic E-state index is 0. The average molecular weight is 512 g/mol. The molecule has 1 aromatic carbocycles. The van der Waals surface area contributed by atoms with E-state index < -0.39 is 0 Å². The zero-order valence-electron chi connectivity index (χ0n) is 17.7. The smallest absolute Gasteiger partial charge is 0.191 e. The predicted molar refractivity (Wildman–Crippen MR) is 128 cm³/mol. The maximum Gasteiger partial charge on any atom is 0.191 e. The van der Waals surface area contributed by atoms with E-state index in [1.165, 1.54) is 11.1 Å². The molecule has 0 aliphatic carbocycles. The van der Waals surface area contributed by atoms with E-state index in [2.05, 4.69) is 52.8 Å². The Hall–Kier alpha value is -1.58. The van der Waals surface area contributed by atoms with Crippen LogP contribution in [0, 0.1) is 13.8 Å². The number of nitrogens with zero attached hydrogens (tertiary/aromatic N) is 2. The van der Waals surface area contributed by atoms with Gasteiger partial charge in [-0.05, 0) is 38.0 Å². The highest BCUT2D eigenvalue weighted by atomic mass is 127. The first-order valence-corrected chi connectivity index (χ1v) is 10.1. The van der Waals surface area contributed by atoms with Crippen LogP contribution in [0.4, 0.5) is 0 Å². The van der Waals surface area contributed by atoms with Gasteiger partial charge in [-0.2, -0.15) is 0 Å². The maximum absolute atomic E-state index is 5.60. The van der Waals surface area contributed by atoms with E-state index in [0.717, 1.165) is 69.0 Å². The third-order valence-electron chi connectivity index (χ3n) is 4.96. The standard InChI is InChI=1S/C22H32N4O2.HI/c1-4-23-22(25-15-21-13-17(2)28-18(21)3)24-14-19-7-5-6-8-20(19)16-26-9-11-27-12-10-26;/h5-8,13H,4,9-12,14-16H2,1-3H3,(H2,23,24,25);1H. The number of hydrogen-bond acceptors (Lipinski definition) is 4. The van der Waals surface area contributed by atoms with E-state index >= 15 is 0 Å². The van der Waals surface area contributed by atoms with Crippen molar-refractivity contribution >= 4 is 29.9 Å². The summed E-state index contributed by atoms with van der Waals surface area (Å²) in [6, 6.07) is 10.7. The molecule has 1 aliphatic rings. The van der Waals surface area contributed by atoms with Crippen molar-refractivity contribution in [1.82, 2.24) is 15.5 Å². The predicted octanol–water partition coefficient (Wildman–Crippen LogP) is 3.60. The molecule has 1 fully saturated rings. The molecule has 7 heteroatoms. The number of aliphatic imine (C=N–C) groups is 1. The molecular formula is C22H33IN4O2. The molecule has 6 nitrogen and oxygen atoms in total. The van der Waals surface area contributed by atoms with Gasteiger partial charge in [0.05, 0.1) is 19.8 Å². The van der Waals surface area contributed by atoms with Gasteiger partial charge in [-0.1, -0.05) is 24.3 Å². The van der Waals surface area contributed by atoms with Crippen LogP contribution in [-0.2, 0) is 24.4 Å². The second kappa shape index (κ2) is 12.2. The summed E-state index contributed by atoms with van der Waals surface area (Å²) in [5, 5.41) is 6.81. The highest BCUT2D eigenvalue weighted by Crippen LogP contribution is 2.15. The summed E-state index contributed by atoms with van der Waals surface area (Å²) in [5.41, 5.74) is 3.78. The first kappa shape index (κ1) is 23.7. The third kappa shape index (κ3) is 7.31. The maximum atomic E-state index is 5.60. The Morgan fingerprint density at radius 3 is 2.45 bits per heavy atom. The van der Waals surface area contributed by atoms with Gasteiger partial charge in [0.25, 0.3) is 0 Å². The van der Waals surface area contributed by atoms with Gasteiger partial charge >= 0.3 is 0 Å². The van der Waals surface area contributed by atoms with Gasteiger partial charge in [-0.25, -0.2) is 4.99 Å². The molecule has 0 spiro atoms. The van der Waals surface area contributed by atoms with Crippen LogP contribution in [0.3, 0.4) is 0 Å². The Bertz CT molecular complexity index is 785. The van der Waals surface area contributed by atoms with Crippen LogP contribution in [0.5, 0.6) is 0 Å². The van der Waals surface area contributed by atoms with Crippen molar-refractivity contribution in [2.75, 3.05) is 32.8 Å². The van der Waals surface area contributed by atoms with E-state index in [1.54, 1.807) is 0 Å². The van der Waals surface area contributed by atoms with Gasteiger partial charge in [-0.15, -0.1) is 24.0 Å². The van der Waals surface area contributed by atoms with Crippen molar-refractivity contribution in [1.29, 1.82) is 0 Å². The van der Waals surface area contributed by atoms with E-state index in [4.69, 9.17) is 14.1 Å². The van der Waals surface area contributed by atoms with E-state index in [0.29, 0.717) is 6.54 Å². The Morgan fingerprint density at radius 2 is 1.79 bits per heavy atom. The lowest BCUT2D eigenvalue weighted by atomic mass is 10.1. The van der Waals surface area contributed by atoms with Gasteiger partial charge in [0.15, 0.2) is 5.96 Å². The van der Waals surface area contributed by atoms with E-state index in [1.807, 2.05) is 13.8 Å². The van der Waals surface area contributed by atoms with Crippen LogP contribution in [0.25, 0.3) is 0 Å². The molecule has 29 heavy (non-hydrogen) atoms. The van der Waals surface area contributed by atoms with Crippen LogP contribution in [0.1, 0.15) is 35.1 Å². The number of furan rings is 1. The van der Waals surface area contributed by atoms with Gasteiger partial charge in [0.1, 0.15) is 11.5 Å². The lowest BCUT2D eigenvalue weighted by molar-refractivity contribution is 0.0341. The normalized spacial score (nSPS) is 15.1. The summed E-state index contributed by atoms with van der Waals surface area (Å²) in [6.45, 7) is 12.8. The third-order valence-corrected chi connectivity index (χ3v) is 4.96. The van der Waals surface area contributed by atoms with Crippen molar-refractivity contribution in [2.45, 2.75) is 40.4 Å². The van der Waals surface area contributed by atoms with E-state index in [9.17, 15) is 0 Å². The number of halogens is 1. The zero-order valence-corrected chi connectivity index (χ0v) is 20.0. The largest absolute Gasteiger partial charge is 0.466 e. The molecule has 0 atom stereocenters. The van der Waals surface area contributed by atoms with Gasteiger partial charge in [0.2, 0.25) is 0 Å². The fraction of sp³-hybridized carbons (Fsp3) is 0.500. The number of rotatable bonds is 7. The van der Waals surface area contributed by atoms with Gasteiger partial charge in [-0.3, -0.25) is 4.90 Å². The number of ether oxygens (including phenoxy) is 1. The molecule has 160 valence electrons. The minimum Gasteiger partial charge on any atom is -0.466 e.